The molecule has 1 amide bonds. The van der Waals surface area contributed by atoms with E-state index in [0.717, 1.165) is 12.3 Å². The monoisotopic (exact) mass is 406 g/mol. The molecule has 0 N–H and O–H groups in total. The molecule has 3 aromatic rings. The van der Waals surface area contributed by atoms with E-state index in [9.17, 15) is 22.4 Å². The number of nitrogens with zero attached hydrogens (tertiary/aromatic N) is 4. The molecule has 1 unspecified atom stereocenters. The summed E-state index contributed by atoms with van der Waals surface area (Å²) < 4.78 is 54.4. The first-order valence-corrected chi connectivity index (χ1v) is 9.26. The Bertz CT molecular complexity index is 1050. The highest BCUT2D eigenvalue weighted by atomic mass is 19.4. The van der Waals surface area contributed by atoms with Gasteiger partial charge < -0.3 is 4.90 Å². The molecule has 0 aliphatic carbocycles. The van der Waals surface area contributed by atoms with Gasteiger partial charge in [0.2, 0.25) is 5.91 Å². The van der Waals surface area contributed by atoms with Crippen molar-refractivity contribution in [2.75, 3.05) is 13.1 Å². The van der Waals surface area contributed by atoms with Crippen molar-refractivity contribution < 1.29 is 22.4 Å². The first-order chi connectivity index (χ1) is 13.8. The Balaban J connectivity index is 1.55. The zero-order valence-corrected chi connectivity index (χ0v) is 15.4. The summed E-state index contributed by atoms with van der Waals surface area (Å²) in [5.74, 6) is -0.497. The van der Waals surface area contributed by atoms with E-state index in [1.807, 2.05) is 0 Å². The predicted molar refractivity (Wildman–Crippen MR) is 96.6 cm³/mol. The molecule has 152 valence electrons. The van der Waals surface area contributed by atoms with Gasteiger partial charge in [-0.25, -0.2) is 4.39 Å². The topological polar surface area (TPSA) is 50.5 Å². The number of alkyl halides is 3. The van der Waals surface area contributed by atoms with E-state index < -0.39 is 17.6 Å². The van der Waals surface area contributed by atoms with Crippen LogP contribution in [0.5, 0.6) is 0 Å². The lowest BCUT2D eigenvalue weighted by Gasteiger charge is -2.32. The second kappa shape index (κ2) is 7.46. The summed E-state index contributed by atoms with van der Waals surface area (Å²) in [5.41, 5.74) is -0.139. The Morgan fingerprint density at radius 1 is 1.14 bits per heavy atom. The summed E-state index contributed by atoms with van der Waals surface area (Å²) >= 11 is 0. The maximum Gasteiger partial charge on any atom is 0.417 e. The van der Waals surface area contributed by atoms with Gasteiger partial charge in [-0.3, -0.25) is 9.20 Å². The largest absolute Gasteiger partial charge is 0.417 e. The number of hydrogen-bond acceptors (Lipinski definition) is 3. The normalized spacial score (nSPS) is 17.7. The highest BCUT2D eigenvalue weighted by Crippen LogP contribution is 2.31. The molecule has 2 aromatic heterocycles. The van der Waals surface area contributed by atoms with Gasteiger partial charge in [0.1, 0.15) is 11.6 Å². The standard InChI is InChI=1S/C20H18F4N4O/c21-16-6-2-1-4-13(16)10-18(29)27-9-3-5-14(11-27)19-26-25-17-8-7-15(12-28(17)19)20(22,23)24/h1-2,4,6-8,12,14H,3,5,9-11H2. The van der Waals surface area contributed by atoms with Gasteiger partial charge in [-0.1, -0.05) is 18.2 Å². The van der Waals surface area contributed by atoms with Gasteiger partial charge in [0.05, 0.1) is 12.0 Å². The summed E-state index contributed by atoms with van der Waals surface area (Å²) in [7, 11) is 0. The van der Waals surface area contributed by atoms with Gasteiger partial charge in [-0.05, 0) is 36.6 Å². The van der Waals surface area contributed by atoms with Crippen molar-refractivity contribution in [1.82, 2.24) is 19.5 Å². The Kier molecular flexibility index (Phi) is 4.97. The number of carbonyl (C=O) groups excluding carboxylic acids is 1. The van der Waals surface area contributed by atoms with Crippen LogP contribution in [0.25, 0.3) is 5.65 Å². The number of amides is 1. The number of benzene rings is 1. The molecule has 1 aromatic carbocycles. The first-order valence-electron chi connectivity index (χ1n) is 9.26. The number of halogens is 4. The van der Waals surface area contributed by atoms with Gasteiger partial charge >= 0.3 is 6.18 Å². The molecule has 1 atom stereocenters. The van der Waals surface area contributed by atoms with E-state index in [2.05, 4.69) is 10.2 Å². The van der Waals surface area contributed by atoms with Gasteiger partial charge in [-0.15, -0.1) is 10.2 Å². The molecule has 29 heavy (non-hydrogen) atoms. The Hall–Kier alpha value is -2.97. The number of carbonyl (C=O) groups is 1. The van der Waals surface area contributed by atoms with Gasteiger partial charge in [0, 0.05) is 25.2 Å². The summed E-state index contributed by atoms with van der Waals surface area (Å²) in [5, 5.41) is 8.04. The van der Waals surface area contributed by atoms with Crippen molar-refractivity contribution in [2.45, 2.75) is 31.4 Å². The molecule has 0 radical (unpaired) electrons. The zero-order chi connectivity index (χ0) is 20.6. The van der Waals surface area contributed by atoms with Crippen molar-refractivity contribution in [3.63, 3.8) is 0 Å². The van der Waals surface area contributed by atoms with E-state index in [0.29, 0.717) is 43.0 Å². The van der Waals surface area contributed by atoms with Gasteiger partial charge in [-0.2, -0.15) is 13.2 Å². The molecule has 9 heteroatoms. The van der Waals surface area contributed by atoms with Gasteiger partial charge in [0.15, 0.2) is 5.65 Å². The van der Waals surface area contributed by atoms with Crippen LogP contribution in [0, 0.1) is 5.82 Å². The van der Waals surface area contributed by atoms with Crippen LogP contribution in [0.4, 0.5) is 17.6 Å². The number of hydrogen-bond donors (Lipinski definition) is 0. The minimum atomic E-state index is -4.47. The fraction of sp³-hybridized carbons (Fsp3) is 0.350. The number of aromatic nitrogens is 3. The third-order valence-corrected chi connectivity index (χ3v) is 5.19. The van der Waals surface area contributed by atoms with Crippen molar-refractivity contribution in [1.29, 1.82) is 0 Å². The van der Waals surface area contributed by atoms with Crippen molar-refractivity contribution >= 4 is 11.6 Å². The molecule has 4 rings (SSSR count). The van der Waals surface area contributed by atoms with E-state index in [-0.39, 0.29) is 18.2 Å². The number of piperidine rings is 1. The molecule has 1 saturated heterocycles. The summed E-state index contributed by atoms with van der Waals surface area (Å²) in [6, 6.07) is 8.36. The van der Waals surface area contributed by atoms with Crippen LogP contribution >= 0.6 is 0 Å². The molecule has 1 fully saturated rings. The number of fused-ring (bicyclic) bond motifs is 1. The highest BCUT2D eigenvalue weighted by Gasteiger charge is 2.32. The van der Waals surface area contributed by atoms with E-state index in [1.54, 1.807) is 23.1 Å². The number of likely N-dealkylation sites (tertiary alicyclic amines) is 1. The van der Waals surface area contributed by atoms with E-state index in [1.165, 1.54) is 16.5 Å². The Morgan fingerprint density at radius 2 is 1.93 bits per heavy atom. The van der Waals surface area contributed by atoms with Crippen LogP contribution < -0.4 is 0 Å². The minimum Gasteiger partial charge on any atom is -0.342 e. The Labute approximate surface area is 164 Å². The van der Waals surface area contributed by atoms with Crippen LogP contribution in [-0.4, -0.2) is 38.5 Å². The molecular formula is C20H18F4N4O. The third-order valence-electron chi connectivity index (χ3n) is 5.19. The minimum absolute atomic E-state index is 0.0573. The molecular weight excluding hydrogens is 388 g/mol. The Morgan fingerprint density at radius 3 is 2.69 bits per heavy atom. The number of pyridine rings is 1. The molecule has 0 spiro atoms. The second-order valence-electron chi connectivity index (χ2n) is 7.15. The maximum atomic E-state index is 13.8. The van der Waals surface area contributed by atoms with Crippen molar-refractivity contribution in [2.24, 2.45) is 0 Å². The lowest BCUT2D eigenvalue weighted by atomic mass is 9.96. The van der Waals surface area contributed by atoms with Crippen molar-refractivity contribution in [3.8, 4) is 0 Å². The van der Waals surface area contributed by atoms with Crippen LogP contribution in [0.15, 0.2) is 42.6 Å². The molecule has 1 aliphatic rings. The first kappa shape index (κ1) is 19.4. The van der Waals surface area contributed by atoms with Crippen LogP contribution in [0.1, 0.15) is 35.7 Å². The average molecular weight is 406 g/mol. The van der Waals surface area contributed by atoms with E-state index >= 15 is 0 Å². The fourth-order valence-corrected chi connectivity index (χ4v) is 3.69. The lowest BCUT2D eigenvalue weighted by molar-refractivity contribution is -0.137. The molecule has 1 aliphatic heterocycles. The van der Waals surface area contributed by atoms with Crippen LogP contribution in [0.2, 0.25) is 0 Å². The fourth-order valence-electron chi connectivity index (χ4n) is 3.69. The molecule has 0 bridgehead atoms. The summed E-state index contributed by atoms with van der Waals surface area (Å²) in [6.45, 7) is 0.832. The quantitative estimate of drug-likeness (QED) is 0.621. The molecule has 3 heterocycles. The summed E-state index contributed by atoms with van der Waals surface area (Å²) in [6.07, 6.45) is -2.17. The van der Waals surface area contributed by atoms with Crippen LogP contribution in [-0.2, 0) is 17.4 Å². The smallest absolute Gasteiger partial charge is 0.342 e. The predicted octanol–water partition coefficient (Wildman–Crippen LogP) is 3.84. The van der Waals surface area contributed by atoms with Crippen LogP contribution in [0.3, 0.4) is 0 Å². The van der Waals surface area contributed by atoms with Crippen molar-refractivity contribution in [3.05, 3.63) is 65.4 Å². The molecule has 0 saturated carbocycles. The lowest BCUT2D eigenvalue weighted by Crippen LogP contribution is -2.40. The SMILES string of the molecule is O=C(Cc1ccccc1F)N1CCCC(c2nnc3ccc(C(F)(F)F)cn23)C1. The highest BCUT2D eigenvalue weighted by molar-refractivity contribution is 5.79. The molecule has 5 nitrogen and oxygen atoms in total. The summed E-state index contributed by atoms with van der Waals surface area (Å²) in [4.78, 5) is 14.3. The second-order valence-corrected chi connectivity index (χ2v) is 7.15. The third kappa shape index (κ3) is 3.94. The number of rotatable bonds is 3. The average Bonchev–Trinajstić information content (AvgIpc) is 3.12. The van der Waals surface area contributed by atoms with E-state index in [4.69, 9.17) is 0 Å². The maximum absolute atomic E-state index is 13.8. The zero-order valence-electron chi connectivity index (χ0n) is 15.4. The van der Waals surface area contributed by atoms with Gasteiger partial charge in [0.25, 0.3) is 0 Å².